The molecule has 186 valence electrons. The number of likely N-dealkylation sites (tertiary alicyclic amines) is 1. The molecule has 2 aromatic rings. The Morgan fingerprint density at radius 1 is 1.18 bits per heavy atom. The van der Waals surface area contributed by atoms with Crippen LogP contribution < -0.4 is 10.6 Å². The zero-order valence-electron chi connectivity index (χ0n) is 21.1. The molecule has 2 heterocycles. The number of piperidine rings is 1. The molecule has 1 saturated heterocycles. The van der Waals surface area contributed by atoms with E-state index in [-0.39, 0.29) is 23.8 Å². The van der Waals surface area contributed by atoms with E-state index in [2.05, 4.69) is 53.4 Å². The maximum atomic E-state index is 12.6. The molecule has 1 aromatic heterocycles. The molecule has 2 N–H and O–H groups in total. The minimum Gasteiger partial charge on any atom is -0.379 e. The van der Waals surface area contributed by atoms with Crippen molar-refractivity contribution in [3.8, 4) is 11.3 Å². The van der Waals surface area contributed by atoms with E-state index in [0.717, 1.165) is 43.6 Å². The van der Waals surface area contributed by atoms with Gasteiger partial charge in [0, 0.05) is 30.0 Å². The Hall–Kier alpha value is -2.29. The fourth-order valence-corrected chi connectivity index (χ4v) is 5.21. The van der Waals surface area contributed by atoms with Crippen LogP contribution in [0.4, 0.5) is 5.13 Å². The summed E-state index contributed by atoms with van der Waals surface area (Å²) in [6.45, 7) is 13.4. The highest BCUT2D eigenvalue weighted by molar-refractivity contribution is 7.14. The van der Waals surface area contributed by atoms with Gasteiger partial charge < -0.3 is 15.4 Å². The fraction of sp³-hybridized carbons (Fsp3) is 0.577. The van der Waals surface area contributed by atoms with Gasteiger partial charge in [0.1, 0.15) is 0 Å². The average molecular weight is 487 g/mol. The van der Waals surface area contributed by atoms with Crippen molar-refractivity contribution in [2.45, 2.75) is 60.0 Å². The normalized spacial score (nSPS) is 15.0. The van der Waals surface area contributed by atoms with Crippen LogP contribution in [0, 0.1) is 26.7 Å². The lowest BCUT2D eigenvalue weighted by molar-refractivity contribution is -0.126. The van der Waals surface area contributed by atoms with Gasteiger partial charge in [-0.05, 0) is 78.1 Å². The Morgan fingerprint density at radius 2 is 1.85 bits per heavy atom. The predicted octanol–water partition coefficient (Wildman–Crippen LogP) is 4.32. The maximum Gasteiger partial charge on any atom is 0.240 e. The summed E-state index contributed by atoms with van der Waals surface area (Å²) >= 11 is 1.45. The standard InChI is InChI=1S/C26H38N4O3S/c1-17(2)33-12-6-9-27-25(32)21-7-10-30(11-8-21)15-23(31)29-26-28-22(16-34-26)24-19(4)13-18(3)14-20(24)5/h13-14,16-17,21H,6-12,15H2,1-5H3,(H,27,32)(H,28,29,31). The summed E-state index contributed by atoms with van der Waals surface area (Å²) in [6, 6.07) is 4.32. The molecule has 8 heteroatoms. The number of carbonyl (C=O) groups excluding carboxylic acids is 2. The molecule has 0 bridgehead atoms. The van der Waals surface area contributed by atoms with E-state index in [1.807, 2.05) is 19.2 Å². The molecule has 0 saturated carbocycles. The van der Waals surface area contributed by atoms with Crippen LogP contribution >= 0.6 is 11.3 Å². The number of aryl methyl sites for hydroxylation is 3. The van der Waals surface area contributed by atoms with Gasteiger partial charge in [0.25, 0.3) is 0 Å². The fourth-order valence-electron chi connectivity index (χ4n) is 4.49. The van der Waals surface area contributed by atoms with E-state index >= 15 is 0 Å². The van der Waals surface area contributed by atoms with E-state index in [1.165, 1.54) is 28.0 Å². The van der Waals surface area contributed by atoms with Gasteiger partial charge in [0.05, 0.1) is 18.3 Å². The molecule has 0 aliphatic carbocycles. The number of nitrogens with one attached hydrogen (secondary N) is 2. The Labute approximate surface area is 207 Å². The number of hydrogen-bond donors (Lipinski definition) is 2. The van der Waals surface area contributed by atoms with Gasteiger partial charge in [-0.1, -0.05) is 17.7 Å². The van der Waals surface area contributed by atoms with Crippen LogP contribution in [0.5, 0.6) is 0 Å². The summed E-state index contributed by atoms with van der Waals surface area (Å²) < 4.78 is 5.50. The van der Waals surface area contributed by atoms with Crippen LogP contribution in [0.25, 0.3) is 11.3 Å². The summed E-state index contributed by atoms with van der Waals surface area (Å²) in [5.74, 6) is 0.0739. The highest BCUT2D eigenvalue weighted by Gasteiger charge is 2.26. The minimum absolute atomic E-state index is 0.0211. The zero-order valence-corrected chi connectivity index (χ0v) is 21.9. The Bertz CT molecular complexity index is 957. The topological polar surface area (TPSA) is 83.6 Å². The summed E-state index contributed by atoms with van der Waals surface area (Å²) in [7, 11) is 0. The molecular weight excluding hydrogens is 448 g/mol. The number of hydrogen-bond acceptors (Lipinski definition) is 6. The molecule has 1 fully saturated rings. The molecule has 3 rings (SSSR count). The van der Waals surface area contributed by atoms with Crippen molar-refractivity contribution < 1.29 is 14.3 Å². The quantitative estimate of drug-likeness (QED) is 0.489. The molecule has 7 nitrogen and oxygen atoms in total. The van der Waals surface area contributed by atoms with Crippen LogP contribution in [0.2, 0.25) is 0 Å². The number of aromatic nitrogens is 1. The number of amides is 2. The van der Waals surface area contributed by atoms with Crippen molar-refractivity contribution >= 4 is 28.3 Å². The summed E-state index contributed by atoms with van der Waals surface area (Å²) in [4.78, 5) is 31.8. The van der Waals surface area contributed by atoms with Crippen molar-refractivity contribution in [3.05, 3.63) is 34.2 Å². The minimum atomic E-state index is -0.0636. The van der Waals surface area contributed by atoms with E-state index < -0.39 is 0 Å². The first-order valence-corrected chi connectivity index (χ1v) is 13.1. The molecule has 1 aliphatic rings. The second-order valence-electron chi connectivity index (χ2n) is 9.47. The molecule has 0 atom stereocenters. The number of nitrogens with zero attached hydrogens (tertiary/aromatic N) is 2. The third-order valence-electron chi connectivity index (χ3n) is 6.08. The molecular formula is C26H38N4O3S. The number of carbonyl (C=O) groups is 2. The highest BCUT2D eigenvalue weighted by Crippen LogP contribution is 2.31. The number of rotatable bonds is 10. The molecule has 34 heavy (non-hydrogen) atoms. The lowest BCUT2D eigenvalue weighted by Gasteiger charge is -2.30. The van der Waals surface area contributed by atoms with Crippen LogP contribution in [-0.4, -0.2) is 60.6 Å². The number of anilines is 1. The monoisotopic (exact) mass is 486 g/mol. The van der Waals surface area contributed by atoms with Gasteiger partial charge in [-0.15, -0.1) is 11.3 Å². The third-order valence-corrected chi connectivity index (χ3v) is 6.84. The van der Waals surface area contributed by atoms with Crippen molar-refractivity contribution in [1.29, 1.82) is 0 Å². The SMILES string of the molecule is Cc1cc(C)c(-c2csc(NC(=O)CN3CCC(C(=O)NCCCOC(C)C)CC3)n2)c(C)c1. The van der Waals surface area contributed by atoms with Crippen LogP contribution in [0.3, 0.4) is 0 Å². The average Bonchev–Trinajstić information content (AvgIpc) is 3.20. The third kappa shape index (κ3) is 7.61. The summed E-state index contributed by atoms with van der Waals surface area (Å²) in [5, 5.41) is 8.58. The smallest absolute Gasteiger partial charge is 0.240 e. The second-order valence-corrected chi connectivity index (χ2v) is 10.3. The number of ether oxygens (including phenoxy) is 1. The second kappa shape index (κ2) is 12.4. The number of thiazole rings is 1. The van der Waals surface area contributed by atoms with Gasteiger partial charge >= 0.3 is 0 Å². The van der Waals surface area contributed by atoms with Crippen LogP contribution in [0.15, 0.2) is 17.5 Å². The van der Waals surface area contributed by atoms with Gasteiger partial charge in [-0.2, -0.15) is 0 Å². The maximum absolute atomic E-state index is 12.6. The largest absolute Gasteiger partial charge is 0.379 e. The van der Waals surface area contributed by atoms with Crippen molar-refractivity contribution in [2.75, 3.05) is 38.1 Å². The Morgan fingerprint density at radius 3 is 2.50 bits per heavy atom. The Balaban J connectivity index is 1.41. The highest BCUT2D eigenvalue weighted by atomic mass is 32.1. The summed E-state index contributed by atoms with van der Waals surface area (Å²) in [6.07, 6.45) is 2.59. The molecule has 2 amide bonds. The zero-order chi connectivity index (χ0) is 24.7. The van der Waals surface area contributed by atoms with Crippen molar-refractivity contribution in [1.82, 2.24) is 15.2 Å². The van der Waals surface area contributed by atoms with E-state index in [4.69, 9.17) is 4.74 Å². The van der Waals surface area contributed by atoms with Gasteiger partial charge in [-0.25, -0.2) is 4.98 Å². The van der Waals surface area contributed by atoms with Crippen molar-refractivity contribution in [2.24, 2.45) is 5.92 Å². The van der Waals surface area contributed by atoms with Gasteiger partial charge in [0.2, 0.25) is 11.8 Å². The molecule has 0 spiro atoms. The lowest BCUT2D eigenvalue weighted by atomic mass is 9.96. The van der Waals surface area contributed by atoms with Gasteiger partial charge in [-0.3, -0.25) is 14.5 Å². The number of benzene rings is 1. The first-order valence-electron chi connectivity index (χ1n) is 12.2. The van der Waals surface area contributed by atoms with Crippen LogP contribution in [-0.2, 0) is 14.3 Å². The molecule has 0 unspecified atom stereocenters. The van der Waals surface area contributed by atoms with Gasteiger partial charge in [0.15, 0.2) is 5.13 Å². The van der Waals surface area contributed by atoms with Crippen LogP contribution in [0.1, 0.15) is 49.8 Å². The first-order chi connectivity index (χ1) is 16.2. The van der Waals surface area contributed by atoms with E-state index in [0.29, 0.717) is 24.8 Å². The first kappa shape index (κ1) is 26.3. The predicted molar refractivity (Wildman–Crippen MR) is 138 cm³/mol. The Kier molecular flexibility index (Phi) is 9.62. The summed E-state index contributed by atoms with van der Waals surface area (Å²) in [5.41, 5.74) is 5.65. The molecule has 1 aromatic carbocycles. The van der Waals surface area contributed by atoms with Crippen molar-refractivity contribution in [3.63, 3.8) is 0 Å². The van der Waals surface area contributed by atoms with E-state index in [9.17, 15) is 9.59 Å². The lowest BCUT2D eigenvalue weighted by Crippen LogP contribution is -2.43. The van der Waals surface area contributed by atoms with E-state index in [1.54, 1.807) is 0 Å². The molecule has 0 radical (unpaired) electrons. The molecule has 1 aliphatic heterocycles.